The smallest absolute Gasteiger partial charge is 0.153 e. The summed E-state index contributed by atoms with van der Waals surface area (Å²) in [5, 5.41) is 6.56. The van der Waals surface area contributed by atoms with E-state index in [0.717, 1.165) is 29.2 Å². The van der Waals surface area contributed by atoms with Gasteiger partial charge in [0.15, 0.2) is 5.82 Å². The Hall–Kier alpha value is -2.03. The number of hydrogen-bond acceptors (Lipinski definition) is 3. The van der Waals surface area contributed by atoms with Crippen molar-refractivity contribution in [1.29, 1.82) is 0 Å². The predicted molar refractivity (Wildman–Crippen MR) is 77.7 cm³/mol. The summed E-state index contributed by atoms with van der Waals surface area (Å²) in [7, 11) is 1.91. The average Bonchev–Trinajstić information content (AvgIpc) is 2.56. The maximum atomic E-state index is 4.44. The van der Waals surface area contributed by atoms with Crippen LogP contribution in [0.5, 0.6) is 0 Å². The molecule has 1 aromatic heterocycles. The van der Waals surface area contributed by atoms with Gasteiger partial charge in [-0.3, -0.25) is 0 Å². The summed E-state index contributed by atoms with van der Waals surface area (Å²) in [6, 6.07) is 2.09. The molecule has 0 amide bonds. The predicted octanol–water partition coefficient (Wildman–Crippen LogP) is 3.63. The minimum atomic E-state index is 0.873. The van der Waals surface area contributed by atoms with Gasteiger partial charge >= 0.3 is 0 Å². The fourth-order valence-electron chi connectivity index (χ4n) is 1.90. The maximum Gasteiger partial charge on any atom is 0.153 e. The molecule has 18 heavy (non-hydrogen) atoms. The first-order valence-electron chi connectivity index (χ1n) is 6.14. The molecule has 0 spiro atoms. The highest BCUT2D eigenvalue weighted by atomic mass is 15.0. The second-order valence-corrected chi connectivity index (χ2v) is 4.50. The van der Waals surface area contributed by atoms with Crippen LogP contribution >= 0.6 is 0 Å². The third-order valence-electron chi connectivity index (χ3n) is 2.81. The first-order chi connectivity index (χ1) is 8.69. The van der Waals surface area contributed by atoms with Crippen LogP contribution in [0.2, 0.25) is 0 Å². The molecule has 0 saturated heterocycles. The quantitative estimate of drug-likeness (QED) is 0.848. The van der Waals surface area contributed by atoms with Gasteiger partial charge in [-0.15, -0.1) is 0 Å². The minimum absolute atomic E-state index is 0.873. The van der Waals surface area contributed by atoms with Gasteiger partial charge in [-0.1, -0.05) is 18.2 Å². The zero-order valence-electron chi connectivity index (χ0n) is 11.1. The van der Waals surface area contributed by atoms with Crippen LogP contribution in [0.1, 0.15) is 18.9 Å². The number of nitrogens with zero attached hydrogens (tertiary/aromatic N) is 1. The fraction of sp³-hybridized carbons (Fsp3) is 0.267. The molecule has 0 radical (unpaired) electrons. The number of aryl methyl sites for hydroxylation is 1. The van der Waals surface area contributed by atoms with Crippen LogP contribution in [0.25, 0.3) is 0 Å². The lowest BCUT2D eigenvalue weighted by Crippen LogP contribution is -2.04. The summed E-state index contributed by atoms with van der Waals surface area (Å²) in [5.74, 6) is 0.873. The normalized spacial score (nSPS) is 14.6. The Kier molecular flexibility index (Phi) is 3.82. The van der Waals surface area contributed by atoms with E-state index in [2.05, 4.69) is 52.9 Å². The lowest BCUT2D eigenvalue weighted by atomic mass is 10.2. The van der Waals surface area contributed by atoms with Gasteiger partial charge in [-0.2, -0.15) is 0 Å². The van der Waals surface area contributed by atoms with Crippen LogP contribution in [0.15, 0.2) is 47.8 Å². The van der Waals surface area contributed by atoms with Crippen LogP contribution in [0.3, 0.4) is 0 Å². The molecule has 0 unspecified atom stereocenters. The molecule has 3 nitrogen and oxygen atoms in total. The molecular formula is C15H19N3. The molecular weight excluding hydrogens is 222 g/mol. The Labute approximate surface area is 108 Å². The van der Waals surface area contributed by atoms with Crippen LogP contribution < -0.4 is 10.6 Å². The van der Waals surface area contributed by atoms with Gasteiger partial charge in [0.25, 0.3) is 0 Å². The summed E-state index contributed by atoms with van der Waals surface area (Å²) in [5.41, 5.74) is 4.57. The molecule has 1 aliphatic carbocycles. The monoisotopic (exact) mass is 241 g/mol. The SMILES string of the molecule is CNc1cc(C)cnc1NC1=CC(C)=CC=CC1. The largest absolute Gasteiger partial charge is 0.385 e. The molecule has 0 atom stereocenters. The second-order valence-electron chi connectivity index (χ2n) is 4.50. The molecule has 0 aliphatic heterocycles. The Morgan fingerprint density at radius 2 is 2.11 bits per heavy atom. The summed E-state index contributed by atoms with van der Waals surface area (Å²) in [6.07, 6.45) is 11.3. The Balaban J connectivity index is 2.24. The number of allylic oxidation sites excluding steroid dienone is 5. The standard InChI is InChI=1S/C15H19N3/c1-11-6-4-5-7-13(8-11)18-15-14(16-3)9-12(2)10-17-15/h4-6,8-10,16H,7H2,1-3H3,(H,17,18). The number of rotatable bonds is 3. The molecule has 0 aromatic carbocycles. The van der Waals surface area contributed by atoms with E-state index in [1.807, 2.05) is 20.2 Å². The van der Waals surface area contributed by atoms with Gasteiger partial charge in [0, 0.05) is 25.4 Å². The van der Waals surface area contributed by atoms with Crippen LogP contribution in [-0.2, 0) is 0 Å². The second kappa shape index (κ2) is 5.54. The van der Waals surface area contributed by atoms with E-state index in [1.54, 1.807) is 0 Å². The van der Waals surface area contributed by atoms with Crippen molar-refractivity contribution in [3.05, 3.63) is 53.4 Å². The Bertz CT molecular complexity index is 525. The van der Waals surface area contributed by atoms with Gasteiger partial charge in [0.2, 0.25) is 0 Å². The number of anilines is 2. The molecule has 1 aliphatic rings. The van der Waals surface area contributed by atoms with Crippen molar-refractivity contribution >= 4 is 11.5 Å². The minimum Gasteiger partial charge on any atom is -0.385 e. The fourth-order valence-corrected chi connectivity index (χ4v) is 1.90. The zero-order valence-corrected chi connectivity index (χ0v) is 11.1. The summed E-state index contributed by atoms with van der Waals surface area (Å²) in [4.78, 5) is 4.44. The molecule has 0 bridgehead atoms. The van der Waals surface area contributed by atoms with Gasteiger partial charge < -0.3 is 10.6 Å². The third kappa shape index (κ3) is 3.00. The van der Waals surface area contributed by atoms with Crippen LogP contribution in [0.4, 0.5) is 11.5 Å². The van der Waals surface area contributed by atoms with E-state index in [9.17, 15) is 0 Å². The van der Waals surface area contributed by atoms with E-state index >= 15 is 0 Å². The zero-order chi connectivity index (χ0) is 13.0. The molecule has 2 rings (SSSR count). The number of hydrogen-bond donors (Lipinski definition) is 2. The van der Waals surface area contributed by atoms with E-state index < -0.39 is 0 Å². The van der Waals surface area contributed by atoms with E-state index in [4.69, 9.17) is 0 Å². The van der Waals surface area contributed by atoms with Gasteiger partial charge in [0.05, 0.1) is 5.69 Å². The van der Waals surface area contributed by atoms with Gasteiger partial charge in [0.1, 0.15) is 0 Å². The third-order valence-corrected chi connectivity index (χ3v) is 2.81. The Morgan fingerprint density at radius 1 is 1.28 bits per heavy atom. The number of nitrogens with one attached hydrogen (secondary N) is 2. The topological polar surface area (TPSA) is 37.0 Å². The van der Waals surface area contributed by atoms with Crippen molar-refractivity contribution in [3.63, 3.8) is 0 Å². The van der Waals surface area contributed by atoms with Crippen molar-refractivity contribution in [2.45, 2.75) is 20.3 Å². The highest BCUT2D eigenvalue weighted by Crippen LogP contribution is 2.23. The molecule has 0 fully saturated rings. The van der Waals surface area contributed by atoms with Crippen molar-refractivity contribution in [2.75, 3.05) is 17.7 Å². The summed E-state index contributed by atoms with van der Waals surface area (Å²) in [6.45, 7) is 4.14. The highest BCUT2D eigenvalue weighted by molar-refractivity contribution is 5.67. The average molecular weight is 241 g/mol. The lowest BCUT2D eigenvalue weighted by molar-refractivity contribution is 1.16. The molecule has 1 aromatic rings. The van der Waals surface area contributed by atoms with E-state index in [0.29, 0.717) is 0 Å². The number of aromatic nitrogens is 1. The molecule has 3 heteroatoms. The van der Waals surface area contributed by atoms with E-state index in [-0.39, 0.29) is 0 Å². The van der Waals surface area contributed by atoms with Crippen molar-refractivity contribution < 1.29 is 0 Å². The van der Waals surface area contributed by atoms with Gasteiger partial charge in [-0.05, 0) is 37.1 Å². The first-order valence-corrected chi connectivity index (χ1v) is 6.14. The molecule has 2 N–H and O–H groups in total. The summed E-state index contributed by atoms with van der Waals surface area (Å²) >= 11 is 0. The van der Waals surface area contributed by atoms with Gasteiger partial charge in [-0.25, -0.2) is 4.98 Å². The van der Waals surface area contributed by atoms with E-state index in [1.165, 1.54) is 5.57 Å². The molecule has 1 heterocycles. The number of pyridine rings is 1. The highest BCUT2D eigenvalue weighted by Gasteiger charge is 2.05. The lowest BCUT2D eigenvalue weighted by Gasteiger charge is -2.13. The van der Waals surface area contributed by atoms with Crippen LogP contribution in [0, 0.1) is 6.92 Å². The Morgan fingerprint density at radius 3 is 2.89 bits per heavy atom. The van der Waals surface area contributed by atoms with Crippen molar-refractivity contribution in [3.8, 4) is 0 Å². The maximum absolute atomic E-state index is 4.44. The molecule has 0 saturated carbocycles. The van der Waals surface area contributed by atoms with Crippen molar-refractivity contribution in [2.24, 2.45) is 0 Å². The first kappa shape index (κ1) is 12.4. The van der Waals surface area contributed by atoms with Crippen molar-refractivity contribution in [1.82, 2.24) is 4.98 Å². The van der Waals surface area contributed by atoms with Crippen LogP contribution in [-0.4, -0.2) is 12.0 Å². The summed E-state index contributed by atoms with van der Waals surface area (Å²) < 4.78 is 0. The molecule has 94 valence electrons.